The molecule has 9 nitrogen and oxygen atoms in total. The number of aliphatic hydroxyl groups excluding tert-OH is 1. The summed E-state index contributed by atoms with van der Waals surface area (Å²) in [5.41, 5.74) is 4.83. The van der Waals surface area contributed by atoms with Gasteiger partial charge in [0, 0.05) is 5.75 Å². The maximum Gasteiger partial charge on any atom is 0.512 e. The monoisotopic (exact) mass is 350 g/mol. The van der Waals surface area contributed by atoms with E-state index >= 15 is 0 Å². The molecule has 0 aliphatic carbocycles. The molecule has 1 unspecified atom stereocenters. The first kappa shape index (κ1) is 16.8. The van der Waals surface area contributed by atoms with Gasteiger partial charge >= 0.3 is 12.2 Å². The molecule has 2 heterocycles. The smallest absolute Gasteiger partial charge is 0.449 e. The van der Waals surface area contributed by atoms with E-state index in [9.17, 15) is 19.5 Å². The zero-order valence-electron chi connectivity index (χ0n) is 11.4. The molecular weight excluding hydrogens is 336 g/mol. The van der Waals surface area contributed by atoms with Crippen LogP contribution in [0.5, 0.6) is 0 Å². The number of fused-ring (bicyclic) bond motifs is 1. The van der Waals surface area contributed by atoms with Crippen molar-refractivity contribution < 1.29 is 34.1 Å². The molecule has 0 radical (unpaired) electrons. The van der Waals surface area contributed by atoms with Crippen molar-refractivity contribution in [3.8, 4) is 0 Å². The van der Waals surface area contributed by atoms with Crippen LogP contribution in [0.4, 0.5) is 9.59 Å². The second kappa shape index (κ2) is 6.67. The molecule has 0 aromatic carbocycles. The number of hydrogen-bond donors (Lipinski definition) is 3. The summed E-state index contributed by atoms with van der Waals surface area (Å²) in [6.45, 7) is 1.55. The van der Waals surface area contributed by atoms with E-state index in [2.05, 4.69) is 9.47 Å². The molecule has 2 amide bonds. The number of carbonyl (C=O) groups excluding carboxylic acids is 2. The van der Waals surface area contributed by atoms with E-state index in [1.54, 1.807) is 0 Å². The predicted molar refractivity (Wildman–Crippen MR) is 77.5 cm³/mol. The van der Waals surface area contributed by atoms with Crippen molar-refractivity contribution in [1.29, 1.82) is 0 Å². The molecule has 2 rings (SSSR count). The van der Waals surface area contributed by atoms with Crippen LogP contribution in [0.2, 0.25) is 0 Å². The van der Waals surface area contributed by atoms with Gasteiger partial charge in [-0.05, 0) is 6.92 Å². The van der Waals surface area contributed by atoms with Gasteiger partial charge in [-0.1, -0.05) is 11.8 Å². The quantitative estimate of drug-likeness (QED) is 0.356. The maximum absolute atomic E-state index is 12.0. The summed E-state index contributed by atoms with van der Waals surface area (Å²) in [5, 5.41) is 18.0. The summed E-state index contributed by atoms with van der Waals surface area (Å²) >= 11 is 2.42. The third kappa shape index (κ3) is 3.25. The van der Waals surface area contributed by atoms with Crippen molar-refractivity contribution in [3.05, 3.63) is 10.1 Å². The van der Waals surface area contributed by atoms with Gasteiger partial charge in [-0.25, -0.2) is 9.59 Å². The molecule has 1 fully saturated rings. The second-order valence-electron chi connectivity index (χ2n) is 4.46. The van der Waals surface area contributed by atoms with Crippen LogP contribution in [-0.4, -0.2) is 57.1 Å². The van der Waals surface area contributed by atoms with Crippen molar-refractivity contribution in [2.75, 3.05) is 12.4 Å². The van der Waals surface area contributed by atoms with E-state index < -0.39 is 24.3 Å². The summed E-state index contributed by atoms with van der Waals surface area (Å²) in [5.74, 6) is -0.718. The van der Waals surface area contributed by atoms with Crippen LogP contribution >= 0.6 is 23.5 Å². The molecule has 2 aliphatic rings. The molecule has 0 spiro atoms. The minimum atomic E-state index is -1.53. The Bertz CT molecular complexity index is 537. The third-order valence-corrected chi connectivity index (χ3v) is 5.55. The lowest BCUT2D eigenvalue weighted by atomic mass is 9.93. The summed E-state index contributed by atoms with van der Waals surface area (Å²) in [4.78, 5) is 34.4. The number of primary amides is 1. The number of aliphatic hydroxyl groups is 1. The Morgan fingerprint density at radius 1 is 1.55 bits per heavy atom. The molecule has 0 aromatic rings. The van der Waals surface area contributed by atoms with Crippen molar-refractivity contribution in [1.82, 2.24) is 4.90 Å². The highest BCUT2D eigenvalue weighted by Gasteiger charge is 2.57. The van der Waals surface area contributed by atoms with Crippen molar-refractivity contribution >= 4 is 41.7 Å². The van der Waals surface area contributed by atoms with Gasteiger partial charge in [-0.2, -0.15) is 0 Å². The van der Waals surface area contributed by atoms with Crippen LogP contribution in [0.15, 0.2) is 10.1 Å². The first-order valence-corrected chi connectivity index (χ1v) is 8.07. The Balaban J connectivity index is 2.05. The van der Waals surface area contributed by atoms with E-state index in [0.29, 0.717) is 9.99 Å². The number of amides is 2. The van der Waals surface area contributed by atoms with E-state index in [0.717, 1.165) is 0 Å². The Morgan fingerprint density at radius 2 is 2.23 bits per heavy atom. The summed E-state index contributed by atoms with van der Waals surface area (Å²) in [6, 6.07) is 0. The number of rotatable bonds is 6. The average molecular weight is 350 g/mol. The SMILES string of the molecule is CC(O)[C@H]1C(=O)N2C(OC(=O)O)=C(SCCOC(N)=O)S[C@H]12. The van der Waals surface area contributed by atoms with Gasteiger partial charge in [0.15, 0.2) is 0 Å². The van der Waals surface area contributed by atoms with Crippen LogP contribution in [0.1, 0.15) is 6.92 Å². The molecule has 122 valence electrons. The molecule has 11 heteroatoms. The molecule has 22 heavy (non-hydrogen) atoms. The fourth-order valence-corrected chi connectivity index (χ4v) is 4.77. The topological polar surface area (TPSA) is 139 Å². The number of carbonyl (C=O) groups is 3. The van der Waals surface area contributed by atoms with Gasteiger partial charge in [0.05, 0.1) is 12.0 Å². The molecule has 3 atom stereocenters. The first-order valence-electron chi connectivity index (χ1n) is 6.20. The molecule has 0 saturated carbocycles. The van der Waals surface area contributed by atoms with Gasteiger partial charge < -0.3 is 25.4 Å². The first-order chi connectivity index (χ1) is 10.3. The normalized spacial score (nSPS) is 24.6. The molecule has 2 aliphatic heterocycles. The average Bonchev–Trinajstić information content (AvgIpc) is 2.66. The lowest BCUT2D eigenvalue weighted by Gasteiger charge is -2.43. The third-order valence-electron chi connectivity index (χ3n) is 2.97. The van der Waals surface area contributed by atoms with E-state index in [1.165, 1.54) is 35.3 Å². The molecular formula is C11H14N2O7S2. The number of nitrogens with two attached hydrogens (primary N) is 1. The maximum atomic E-state index is 12.0. The highest BCUT2D eigenvalue weighted by atomic mass is 32.2. The molecule has 0 bridgehead atoms. The summed E-state index contributed by atoms with van der Waals surface area (Å²) in [6.07, 6.45) is -3.27. The van der Waals surface area contributed by atoms with Gasteiger partial charge in [0.1, 0.15) is 16.2 Å². The number of ether oxygens (including phenoxy) is 2. The largest absolute Gasteiger partial charge is 0.512 e. The van der Waals surface area contributed by atoms with Crippen molar-refractivity contribution in [3.63, 3.8) is 0 Å². The Kier molecular flexibility index (Phi) is 5.08. The van der Waals surface area contributed by atoms with E-state index in [-0.39, 0.29) is 23.8 Å². The number of nitrogens with zero attached hydrogens (tertiary/aromatic N) is 1. The van der Waals surface area contributed by atoms with Gasteiger partial charge in [-0.15, -0.1) is 11.8 Å². The number of β-lactam (4-membered cyclic amide) rings is 1. The van der Waals surface area contributed by atoms with Crippen molar-refractivity contribution in [2.24, 2.45) is 11.7 Å². The van der Waals surface area contributed by atoms with Crippen LogP contribution < -0.4 is 5.73 Å². The van der Waals surface area contributed by atoms with Crippen molar-refractivity contribution in [2.45, 2.75) is 18.4 Å². The Morgan fingerprint density at radius 3 is 2.77 bits per heavy atom. The van der Waals surface area contributed by atoms with E-state index in [4.69, 9.17) is 10.8 Å². The standard InChI is InChI=1S/C11H14N2O7S2/c1-4(14)5-6(15)13-7(20-11(17)18)9(22-8(5)13)21-3-2-19-10(12)16/h4-5,8,14H,2-3H2,1H3,(H2,12,16)(H,17,18)/t4?,5-,8+/m0/s1. The van der Waals surface area contributed by atoms with Crippen LogP contribution in [0, 0.1) is 5.92 Å². The van der Waals surface area contributed by atoms with Gasteiger partial charge in [-0.3, -0.25) is 9.69 Å². The summed E-state index contributed by atoms with van der Waals surface area (Å²) in [7, 11) is 0. The van der Waals surface area contributed by atoms with Gasteiger partial charge in [0.2, 0.25) is 11.8 Å². The second-order valence-corrected chi connectivity index (χ2v) is 6.95. The highest BCUT2D eigenvalue weighted by Crippen LogP contribution is 2.53. The zero-order chi connectivity index (χ0) is 16.4. The molecule has 1 saturated heterocycles. The lowest BCUT2D eigenvalue weighted by molar-refractivity contribution is -0.155. The predicted octanol–water partition coefficient (Wildman–Crippen LogP) is 0.548. The minimum Gasteiger partial charge on any atom is -0.449 e. The van der Waals surface area contributed by atoms with E-state index in [1.807, 2.05) is 0 Å². The number of hydrogen-bond acceptors (Lipinski definition) is 8. The van der Waals surface area contributed by atoms with Crippen LogP contribution in [0.3, 0.4) is 0 Å². The Labute approximate surface area is 133 Å². The van der Waals surface area contributed by atoms with Gasteiger partial charge in [0.25, 0.3) is 0 Å². The number of thioether (sulfide) groups is 2. The minimum absolute atomic E-state index is 0.0445. The summed E-state index contributed by atoms with van der Waals surface area (Å²) < 4.78 is 9.74. The zero-order valence-corrected chi connectivity index (χ0v) is 13.1. The Hall–Kier alpha value is -1.59. The highest BCUT2D eigenvalue weighted by molar-refractivity contribution is 8.22. The molecule has 4 N–H and O–H groups in total. The fraction of sp³-hybridized carbons (Fsp3) is 0.545. The lowest BCUT2D eigenvalue weighted by Crippen LogP contribution is -2.60. The fourth-order valence-electron chi connectivity index (χ4n) is 2.08. The van der Waals surface area contributed by atoms with Crippen LogP contribution in [-0.2, 0) is 14.3 Å². The van der Waals surface area contributed by atoms with Crippen LogP contribution in [0.25, 0.3) is 0 Å². The number of carboxylic acid groups (broad SMARTS) is 1. The molecule has 0 aromatic heterocycles.